The number of aromatic nitrogens is 1. The van der Waals surface area contributed by atoms with Crippen molar-refractivity contribution in [3.05, 3.63) is 21.4 Å². The highest BCUT2D eigenvalue weighted by atomic mass is 79.9. The van der Waals surface area contributed by atoms with E-state index in [4.69, 9.17) is 0 Å². The summed E-state index contributed by atoms with van der Waals surface area (Å²) in [5.74, 6) is 0.298. The average Bonchev–Trinajstić information content (AvgIpc) is 2.28. The molecule has 0 saturated carbocycles. The third kappa shape index (κ3) is 1.46. The summed E-state index contributed by atoms with van der Waals surface area (Å²) in [6.07, 6.45) is 3.87. The minimum absolute atomic E-state index is 0.298. The number of aromatic amines is 1. The van der Waals surface area contributed by atoms with Crippen LogP contribution in [0.1, 0.15) is 40.9 Å². The van der Waals surface area contributed by atoms with Gasteiger partial charge in [0.2, 0.25) is 0 Å². The van der Waals surface area contributed by atoms with Crippen molar-refractivity contribution < 1.29 is 4.79 Å². The lowest BCUT2D eigenvalue weighted by Gasteiger charge is -1.97. The van der Waals surface area contributed by atoms with Gasteiger partial charge < -0.3 is 4.98 Å². The second-order valence-electron chi connectivity index (χ2n) is 3.55. The van der Waals surface area contributed by atoms with E-state index in [0.29, 0.717) is 12.2 Å². The molecule has 0 amide bonds. The van der Waals surface area contributed by atoms with Crippen LogP contribution in [-0.4, -0.2) is 10.8 Å². The summed E-state index contributed by atoms with van der Waals surface area (Å²) in [5.41, 5.74) is 3.12. The summed E-state index contributed by atoms with van der Waals surface area (Å²) < 4.78 is 0.996. The molecule has 0 unspecified atom stereocenters. The monoisotopic (exact) mass is 241 g/mol. The molecule has 0 bridgehead atoms. The summed E-state index contributed by atoms with van der Waals surface area (Å²) in [4.78, 5) is 14.9. The van der Waals surface area contributed by atoms with Crippen LogP contribution in [0.25, 0.3) is 0 Å². The van der Waals surface area contributed by atoms with E-state index in [1.807, 2.05) is 6.92 Å². The fourth-order valence-electron chi connectivity index (χ4n) is 1.96. The molecule has 0 atom stereocenters. The molecule has 0 fully saturated rings. The molecular formula is C10H12BrNO. The number of halogens is 1. The summed E-state index contributed by atoms with van der Waals surface area (Å²) in [6.45, 7) is 1.97. The van der Waals surface area contributed by atoms with E-state index >= 15 is 0 Å². The minimum Gasteiger partial charge on any atom is -0.353 e. The third-order valence-corrected chi connectivity index (χ3v) is 3.28. The lowest BCUT2D eigenvalue weighted by atomic mass is 10.1. The number of carbonyl (C=O) groups is 1. The first-order valence-corrected chi connectivity index (χ1v) is 5.39. The maximum atomic E-state index is 11.7. The van der Waals surface area contributed by atoms with E-state index < -0.39 is 0 Å². The zero-order valence-electron chi connectivity index (χ0n) is 7.61. The first-order chi connectivity index (χ1) is 6.20. The van der Waals surface area contributed by atoms with Crippen LogP contribution in [0.2, 0.25) is 0 Å². The quantitative estimate of drug-likeness (QED) is 0.697. The lowest BCUT2D eigenvalue weighted by Crippen LogP contribution is -1.99. The van der Waals surface area contributed by atoms with E-state index in [9.17, 15) is 4.79 Å². The molecule has 1 aliphatic carbocycles. The van der Waals surface area contributed by atoms with Crippen LogP contribution in [0, 0.1) is 6.92 Å². The van der Waals surface area contributed by atoms with Crippen molar-refractivity contribution in [3.63, 3.8) is 0 Å². The fraction of sp³-hybridized carbons (Fsp3) is 0.500. The molecule has 0 aromatic carbocycles. The number of carbonyl (C=O) groups excluding carboxylic acids is 1. The number of Topliss-reactive ketones (excluding diaryl/α,β-unsaturated/α-hetero) is 1. The normalized spacial score (nSPS) is 16.9. The molecule has 2 nitrogen and oxygen atoms in total. The minimum atomic E-state index is 0.298. The number of nitrogens with one attached hydrogen (secondary N) is 1. The van der Waals surface area contributed by atoms with Crippen LogP contribution < -0.4 is 0 Å². The van der Waals surface area contributed by atoms with Crippen molar-refractivity contribution in [2.45, 2.75) is 32.6 Å². The summed E-state index contributed by atoms with van der Waals surface area (Å²) in [5, 5.41) is 0. The first-order valence-electron chi connectivity index (χ1n) is 4.60. The van der Waals surface area contributed by atoms with Gasteiger partial charge in [-0.1, -0.05) is 0 Å². The van der Waals surface area contributed by atoms with Gasteiger partial charge >= 0.3 is 0 Å². The maximum Gasteiger partial charge on any atom is 0.164 e. The number of ketones is 1. The Hall–Kier alpha value is -0.570. The van der Waals surface area contributed by atoms with Crippen LogP contribution in [-0.2, 0) is 6.42 Å². The highest BCUT2D eigenvalue weighted by Gasteiger charge is 2.21. The molecule has 70 valence electrons. The number of H-pyrrole nitrogens is 1. The van der Waals surface area contributed by atoms with Crippen molar-refractivity contribution in [2.24, 2.45) is 0 Å². The molecule has 1 aromatic heterocycles. The second kappa shape index (κ2) is 3.29. The maximum absolute atomic E-state index is 11.7. The van der Waals surface area contributed by atoms with Crippen LogP contribution in [0.3, 0.4) is 0 Å². The molecule has 2 rings (SSSR count). The van der Waals surface area contributed by atoms with E-state index in [0.717, 1.165) is 35.1 Å². The SMILES string of the molecule is Cc1[nH]c(Br)c2c1C(=O)CCCC2. The average molecular weight is 242 g/mol. The number of hydrogen-bond acceptors (Lipinski definition) is 1. The zero-order valence-corrected chi connectivity index (χ0v) is 9.20. The van der Waals surface area contributed by atoms with Crippen molar-refractivity contribution in [1.82, 2.24) is 4.98 Å². The molecular weight excluding hydrogens is 230 g/mol. The third-order valence-electron chi connectivity index (χ3n) is 2.60. The number of fused-ring (bicyclic) bond motifs is 1. The smallest absolute Gasteiger partial charge is 0.164 e. The Bertz CT molecular complexity index is 354. The van der Waals surface area contributed by atoms with Crippen molar-refractivity contribution >= 4 is 21.7 Å². The largest absolute Gasteiger partial charge is 0.353 e. The molecule has 1 aromatic rings. The molecule has 0 radical (unpaired) electrons. The van der Waals surface area contributed by atoms with Gasteiger partial charge in [-0.05, 0) is 47.7 Å². The van der Waals surface area contributed by atoms with E-state index in [1.54, 1.807) is 0 Å². The number of rotatable bonds is 0. The molecule has 1 aliphatic rings. The van der Waals surface area contributed by atoms with Gasteiger partial charge in [-0.3, -0.25) is 4.79 Å². The Kier molecular flexibility index (Phi) is 2.28. The summed E-state index contributed by atoms with van der Waals surface area (Å²) >= 11 is 3.46. The van der Waals surface area contributed by atoms with E-state index in [1.165, 1.54) is 5.56 Å². The van der Waals surface area contributed by atoms with Crippen LogP contribution in [0.15, 0.2) is 4.60 Å². The van der Waals surface area contributed by atoms with E-state index in [-0.39, 0.29) is 0 Å². The molecule has 1 heterocycles. The van der Waals surface area contributed by atoms with Crippen molar-refractivity contribution in [2.75, 3.05) is 0 Å². The van der Waals surface area contributed by atoms with Crippen LogP contribution >= 0.6 is 15.9 Å². The summed E-state index contributed by atoms with van der Waals surface area (Å²) in [7, 11) is 0. The van der Waals surface area contributed by atoms with Gasteiger partial charge in [0.05, 0.1) is 4.60 Å². The number of aryl methyl sites for hydroxylation is 1. The van der Waals surface area contributed by atoms with Gasteiger partial charge in [0.25, 0.3) is 0 Å². The highest BCUT2D eigenvalue weighted by Crippen LogP contribution is 2.29. The van der Waals surface area contributed by atoms with Gasteiger partial charge in [-0.25, -0.2) is 0 Å². The second-order valence-corrected chi connectivity index (χ2v) is 4.34. The molecule has 0 aliphatic heterocycles. The Morgan fingerprint density at radius 1 is 1.31 bits per heavy atom. The predicted molar refractivity (Wildman–Crippen MR) is 55.1 cm³/mol. The topological polar surface area (TPSA) is 32.9 Å². The highest BCUT2D eigenvalue weighted by molar-refractivity contribution is 9.10. The van der Waals surface area contributed by atoms with Crippen molar-refractivity contribution in [3.8, 4) is 0 Å². The van der Waals surface area contributed by atoms with E-state index in [2.05, 4.69) is 20.9 Å². The van der Waals surface area contributed by atoms with Crippen LogP contribution in [0.4, 0.5) is 0 Å². The predicted octanol–water partition coefficient (Wildman–Crippen LogP) is 2.99. The molecule has 0 saturated heterocycles. The Morgan fingerprint density at radius 2 is 2.00 bits per heavy atom. The standard InChI is InChI=1S/C10H12BrNO/c1-6-9-7(10(11)12-6)4-2-3-5-8(9)13/h12H,2-5H2,1H3. The molecule has 3 heteroatoms. The molecule has 0 spiro atoms. The van der Waals surface area contributed by atoms with Gasteiger partial charge in [0.1, 0.15) is 0 Å². The first kappa shape index (κ1) is 9.00. The lowest BCUT2D eigenvalue weighted by molar-refractivity contribution is 0.0981. The Labute approximate surface area is 85.9 Å². The van der Waals surface area contributed by atoms with Crippen molar-refractivity contribution in [1.29, 1.82) is 0 Å². The fourth-order valence-corrected chi connectivity index (χ4v) is 2.66. The van der Waals surface area contributed by atoms with Gasteiger partial charge in [0.15, 0.2) is 5.78 Å². The Morgan fingerprint density at radius 3 is 2.77 bits per heavy atom. The Balaban J connectivity index is 2.56. The van der Waals surface area contributed by atoms with Gasteiger partial charge in [-0.2, -0.15) is 0 Å². The van der Waals surface area contributed by atoms with Gasteiger partial charge in [0, 0.05) is 17.7 Å². The zero-order chi connectivity index (χ0) is 9.42. The van der Waals surface area contributed by atoms with Gasteiger partial charge in [-0.15, -0.1) is 0 Å². The summed E-state index contributed by atoms with van der Waals surface area (Å²) in [6, 6.07) is 0. The van der Waals surface area contributed by atoms with Crippen LogP contribution in [0.5, 0.6) is 0 Å². The number of hydrogen-bond donors (Lipinski definition) is 1. The molecule has 13 heavy (non-hydrogen) atoms. The molecule has 1 N–H and O–H groups in total.